The number of carbonyl (C=O) groups is 1. The summed E-state index contributed by atoms with van der Waals surface area (Å²) in [6.07, 6.45) is 2.48. The molecule has 0 atom stereocenters. The monoisotopic (exact) mass is 334 g/mol. The number of rotatable bonds is 6. The van der Waals surface area contributed by atoms with E-state index in [-0.39, 0.29) is 11.3 Å². The molecule has 0 heterocycles. The second-order valence-corrected chi connectivity index (χ2v) is 4.58. The first-order chi connectivity index (χ1) is 11.4. The van der Waals surface area contributed by atoms with Gasteiger partial charge in [-0.15, -0.1) is 0 Å². The molecule has 0 spiro atoms. The summed E-state index contributed by atoms with van der Waals surface area (Å²) in [5.74, 6) is -1.24. The molecule has 2 aromatic rings. The number of halogens is 2. The number of nitro benzene ring substituents is 1. The van der Waals surface area contributed by atoms with E-state index < -0.39 is 28.8 Å². The Kier molecular flexibility index (Phi) is 5.20. The highest BCUT2D eigenvalue weighted by Gasteiger charge is 2.08. The maximum Gasteiger partial charge on any atom is 0.387 e. The van der Waals surface area contributed by atoms with Gasteiger partial charge in [0.25, 0.3) is 5.69 Å². The van der Waals surface area contributed by atoms with Crippen LogP contribution < -0.4 is 9.84 Å². The number of carbonyl (C=O) groups excluding carboxylic acids is 1. The molecule has 0 bridgehead atoms. The highest BCUT2D eigenvalue weighted by Crippen LogP contribution is 2.24. The molecule has 0 fully saturated rings. The fourth-order valence-corrected chi connectivity index (χ4v) is 1.85. The van der Waals surface area contributed by atoms with E-state index in [1.165, 1.54) is 36.4 Å². The number of alkyl halides is 2. The van der Waals surface area contributed by atoms with Crippen molar-refractivity contribution in [3.05, 3.63) is 69.8 Å². The van der Waals surface area contributed by atoms with Gasteiger partial charge in [0.15, 0.2) is 5.78 Å². The van der Waals surface area contributed by atoms with Gasteiger partial charge in [0, 0.05) is 11.6 Å². The highest BCUT2D eigenvalue weighted by atomic mass is 19.3. The molecule has 0 aliphatic heterocycles. The third kappa shape index (κ3) is 4.35. The van der Waals surface area contributed by atoms with Crippen LogP contribution in [0.1, 0.15) is 15.9 Å². The first-order valence-corrected chi connectivity index (χ1v) is 6.59. The molecule has 0 aromatic heterocycles. The average molecular weight is 334 g/mol. The van der Waals surface area contributed by atoms with Gasteiger partial charge < -0.3 is 9.84 Å². The van der Waals surface area contributed by atoms with Gasteiger partial charge in [-0.3, -0.25) is 14.9 Å². The van der Waals surface area contributed by atoms with Crippen LogP contribution in [-0.4, -0.2) is 17.3 Å². The number of hydrogen-bond donors (Lipinski definition) is 0. The van der Waals surface area contributed by atoms with Gasteiger partial charge in [0.2, 0.25) is 0 Å². The van der Waals surface area contributed by atoms with Gasteiger partial charge in [-0.1, -0.05) is 18.2 Å². The molecule has 0 unspecified atom stereocenters. The van der Waals surface area contributed by atoms with Crippen molar-refractivity contribution >= 4 is 17.5 Å². The molecule has 0 N–H and O–H groups in total. The zero-order valence-electron chi connectivity index (χ0n) is 12.0. The Balaban J connectivity index is 2.13. The molecule has 124 valence electrons. The number of hydrogen-bond acceptors (Lipinski definition) is 5. The highest BCUT2D eigenvalue weighted by molar-refractivity contribution is 6.06. The third-order valence-electron chi connectivity index (χ3n) is 2.97. The smallest absolute Gasteiger partial charge is 0.387 e. The molecular formula is C16H10F2NO5-. The van der Waals surface area contributed by atoms with Gasteiger partial charge in [0.05, 0.1) is 4.92 Å². The lowest BCUT2D eigenvalue weighted by Gasteiger charge is -2.06. The largest absolute Gasteiger partial charge is 0.868 e. The summed E-state index contributed by atoms with van der Waals surface area (Å²) in [4.78, 5) is 21.9. The SMILES string of the molecule is O=C(/C=C/c1ccc([O-])c([N+](=O)[O-])c1)c1ccc(OC(F)F)cc1. The number of benzene rings is 2. The molecular weight excluding hydrogens is 324 g/mol. The maximum absolute atomic E-state index is 12.0. The summed E-state index contributed by atoms with van der Waals surface area (Å²) in [5, 5.41) is 22.0. The molecule has 8 heteroatoms. The fourth-order valence-electron chi connectivity index (χ4n) is 1.85. The summed E-state index contributed by atoms with van der Waals surface area (Å²) in [7, 11) is 0. The van der Waals surface area contributed by atoms with Crippen molar-refractivity contribution in [1.29, 1.82) is 0 Å². The van der Waals surface area contributed by atoms with Crippen LogP contribution in [0.4, 0.5) is 14.5 Å². The van der Waals surface area contributed by atoms with Crippen molar-refractivity contribution < 1.29 is 28.3 Å². The fraction of sp³-hybridized carbons (Fsp3) is 0.0625. The van der Waals surface area contributed by atoms with Crippen LogP contribution in [-0.2, 0) is 0 Å². The summed E-state index contributed by atoms with van der Waals surface area (Å²) < 4.78 is 28.2. The second kappa shape index (κ2) is 7.32. The van der Waals surface area contributed by atoms with Gasteiger partial charge in [-0.05, 0) is 41.7 Å². The topological polar surface area (TPSA) is 92.5 Å². The van der Waals surface area contributed by atoms with E-state index in [2.05, 4.69) is 4.74 Å². The lowest BCUT2D eigenvalue weighted by Crippen LogP contribution is -2.02. The summed E-state index contributed by atoms with van der Waals surface area (Å²) in [6.45, 7) is -2.95. The van der Waals surface area contributed by atoms with Crippen molar-refractivity contribution in [2.75, 3.05) is 0 Å². The van der Waals surface area contributed by atoms with Crippen LogP contribution in [0.2, 0.25) is 0 Å². The molecule has 6 nitrogen and oxygen atoms in total. The molecule has 0 saturated carbocycles. The Morgan fingerprint density at radius 2 is 1.83 bits per heavy atom. The van der Waals surface area contributed by atoms with E-state index in [0.717, 1.165) is 18.2 Å². The number of nitrogens with zero attached hydrogens (tertiary/aromatic N) is 1. The van der Waals surface area contributed by atoms with Crippen LogP contribution in [0.25, 0.3) is 6.08 Å². The Morgan fingerprint density at radius 3 is 2.42 bits per heavy atom. The summed E-state index contributed by atoms with van der Waals surface area (Å²) in [5.41, 5.74) is -0.0479. The van der Waals surface area contributed by atoms with Gasteiger partial charge in [-0.25, -0.2) is 0 Å². The summed E-state index contributed by atoms with van der Waals surface area (Å²) in [6, 6.07) is 8.53. The minimum atomic E-state index is -2.95. The Labute approximate surface area is 134 Å². The van der Waals surface area contributed by atoms with E-state index in [1.54, 1.807) is 0 Å². The zero-order valence-corrected chi connectivity index (χ0v) is 12.0. The Hall–Kier alpha value is -3.29. The van der Waals surface area contributed by atoms with Crippen LogP contribution >= 0.6 is 0 Å². The van der Waals surface area contributed by atoms with Crippen LogP contribution in [0.5, 0.6) is 11.5 Å². The van der Waals surface area contributed by atoms with E-state index in [1.807, 2.05) is 0 Å². The molecule has 2 aromatic carbocycles. The first-order valence-electron chi connectivity index (χ1n) is 6.59. The van der Waals surface area contributed by atoms with Gasteiger partial charge in [-0.2, -0.15) is 8.78 Å². The number of nitro groups is 1. The minimum Gasteiger partial charge on any atom is -0.868 e. The maximum atomic E-state index is 12.0. The second-order valence-electron chi connectivity index (χ2n) is 4.58. The molecule has 0 aliphatic carbocycles. The summed E-state index contributed by atoms with van der Waals surface area (Å²) >= 11 is 0. The molecule has 0 aliphatic rings. The third-order valence-corrected chi connectivity index (χ3v) is 2.97. The molecule has 0 saturated heterocycles. The lowest BCUT2D eigenvalue weighted by molar-refractivity contribution is -0.398. The number of ether oxygens (including phenoxy) is 1. The van der Waals surface area contributed by atoms with E-state index >= 15 is 0 Å². The Bertz CT molecular complexity index is 788. The van der Waals surface area contributed by atoms with E-state index in [0.29, 0.717) is 5.56 Å². The van der Waals surface area contributed by atoms with Crippen LogP contribution in [0, 0.1) is 10.1 Å². The van der Waals surface area contributed by atoms with Crippen molar-refractivity contribution in [1.82, 2.24) is 0 Å². The predicted molar refractivity (Wildman–Crippen MR) is 79.0 cm³/mol. The molecule has 2 rings (SSSR count). The Morgan fingerprint density at radius 1 is 1.17 bits per heavy atom. The number of allylic oxidation sites excluding steroid dienone is 1. The van der Waals surface area contributed by atoms with Crippen molar-refractivity contribution in [3.8, 4) is 11.5 Å². The number of ketones is 1. The van der Waals surface area contributed by atoms with E-state index in [4.69, 9.17) is 0 Å². The van der Waals surface area contributed by atoms with Crippen LogP contribution in [0.15, 0.2) is 48.5 Å². The van der Waals surface area contributed by atoms with Crippen molar-refractivity contribution in [2.24, 2.45) is 0 Å². The zero-order chi connectivity index (χ0) is 17.7. The van der Waals surface area contributed by atoms with Gasteiger partial charge >= 0.3 is 6.61 Å². The van der Waals surface area contributed by atoms with Crippen molar-refractivity contribution in [3.63, 3.8) is 0 Å². The predicted octanol–water partition coefficient (Wildman–Crippen LogP) is 3.17. The molecule has 0 amide bonds. The normalized spacial score (nSPS) is 11.0. The minimum absolute atomic E-state index is 0.0767. The first kappa shape index (κ1) is 17.1. The standard InChI is InChI=1S/C16H11F2NO5/c17-16(18)24-12-5-3-11(4-6-12)14(20)7-1-10-2-8-15(21)13(9-10)19(22)23/h1-9,16,21H/p-1/b7-1+. The lowest BCUT2D eigenvalue weighted by atomic mass is 10.1. The van der Waals surface area contributed by atoms with E-state index in [9.17, 15) is 28.8 Å². The van der Waals surface area contributed by atoms with Gasteiger partial charge in [0.1, 0.15) is 5.75 Å². The van der Waals surface area contributed by atoms with Crippen LogP contribution in [0.3, 0.4) is 0 Å². The quantitative estimate of drug-likeness (QED) is 0.350. The molecule has 0 radical (unpaired) electrons. The molecule has 24 heavy (non-hydrogen) atoms. The van der Waals surface area contributed by atoms with Crippen molar-refractivity contribution in [2.45, 2.75) is 6.61 Å². The average Bonchev–Trinajstić information content (AvgIpc) is 2.53.